The molecule has 0 amide bonds. The maximum absolute atomic E-state index is 12.3. The number of aryl methyl sites for hydroxylation is 1. The van der Waals surface area contributed by atoms with Crippen LogP contribution in [0.5, 0.6) is 0 Å². The van der Waals surface area contributed by atoms with Gasteiger partial charge in [0, 0.05) is 25.6 Å². The molecule has 1 saturated carbocycles. The summed E-state index contributed by atoms with van der Waals surface area (Å²) in [6.45, 7) is 0. The number of rotatable bonds is 4. The highest BCUT2D eigenvalue weighted by Gasteiger charge is 2.35. The number of aromatic nitrogens is 4. The van der Waals surface area contributed by atoms with Crippen molar-refractivity contribution in [3.63, 3.8) is 0 Å². The predicted molar refractivity (Wildman–Crippen MR) is 78.4 cm³/mol. The lowest BCUT2D eigenvalue weighted by molar-refractivity contribution is 0.0511. The second-order valence-electron chi connectivity index (χ2n) is 5.60. The third kappa shape index (κ3) is 2.92. The van der Waals surface area contributed by atoms with Crippen molar-refractivity contribution in [3.05, 3.63) is 31.2 Å². The molecule has 3 rings (SSSR count). The highest BCUT2D eigenvalue weighted by molar-refractivity contribution is 7.89. The van der Waals surface area contributed by atoms with Gasteiger partial charge in [-0.15, -0.1) is 0 Å². The van der Waals surface area contributed by atoms with E-state index < -0.39 is 22.2 Å². The zero-order valence-corrected chi connectivity index (χ0v) is 13.0. The summed E-state index contributed by atoms with van der Waals surface area (Å²) in [6.07, 6.45) is 9.35. The van der Waals surface area contributed by atoms with Crippen LogP contribution in [0.3, 0.4) is 0 Å². The summed E-state index contributed by atoms with van der Waals surface area (Å²) in [6, 6.07) is -0.708. The molecule has 0 aromatic carbocycles. The van der Waals surface area contributed by atoms with Crippen molar-refractivity contribution in [1.29, 1.82) is 0 Å². The maximum Gasteiger partial charge on any atom is 0.259 e. The number of hydrogen-bond donors (Lipinski definition) is 2. The normalized spacial score (nSPS) is 26.2. The molecular weight excluding hydrogens is 306 g/mol. The van der Waals surface area contributed by atoms with E-state index in [-0.39, 0.29) is 11.1 Å². The SMILES string of the molecule is Cn1cnc(S(=O)(=O)N[C@@H]2CCC[C@@H](n3ccnc3)[C@@H]2O)c1. The highest BCUT2D eigenvalue weighted by atomic mass is 32.2. The summed E-state index contributed by atoms with van der Waals surface area (Å²) in [4.78, 5) is 7.84. The number of aliphatic hydroxyl groups is 1. The largest absolute Gasteiger partial charge is 0.389 e. The number of sulfonamides is 1. The monoisotopic (exact) mass is 325 g/mol. The Hall–Kier alpha value is -1.71. The van der Waals surface area contributed by atoms with Gasteiger partial charge in [-0.3, -0.25) is 0 Å². The smallest absolute Gasteiger partial charge is 0.259 e. The lowest BCUT2D eigenvalue weighted by atomic mass is 9.88. The van der Waals surface area contributed by atoms with Crippen LogP contribution in [-0.4, -0.2) is 44.8 Å². The Morgan fingerprint density at radius 3 is 2.82 bits per heavy atom. The molecule has 22 heavy (non-hydrogen) atoms. The number of imidazole rings is 2. The molecule has 0 saturated heterocycles. The van der Waals surface area contributed by atoms with Gasteiger partial charge in [-0.25, -0.2) is 23.1 Å². The van der Waals surface area contributed by atoms with Crippen molar-refractivity contribution in [3.8, 4) is 0 Å². The molecular formula is C13H19N5O3S. The highest BCUT2D eigenvalue weighted by Crippen LogP contribution is 2.29. The Morgan fingerprint density at radius 1 is 1.36 bits per heavy atom. The average molecular weight is 325 g/mol. The Kier molecular flexibility index (Phi) is 4.02. The van der Waals surface area contributed by atoms with Gasteiger partial charge in [0.25, 0.3) is 10.0 Å². The molecule has 120 valence electrons. The van der Waals surface area contributed by atoms with Gasteiger partial charge in [-0.1, -0.05) is 0 Å². The molecule has 3 atom stereocenters. The van der Waals surface area contributed by atoms with Crippen LogP contribution in [0.4, 0.5) is 0 Å². The van der Waals surface area contributed by atoms with E-state index in [0.717, 1.165) is 12.8 Å². The number of aliphatic hydroxyl groups excluding tert-OH is 1. The van der Waals surface area contributed by atoms with Crippen LogP contribution < -0.4 is 4.72 Å². The Balaban J connectivity index is 1.77. The summed E-state index contributed by atoms with van der Waals surface area (Å²) >= 11 is 0. The van der Waals surface area contributed by atoms with Gasteiger partial charge in [0.1, 0.15) is 0 Å². The third-order valence-electron chi connectivity index (χ3n) is 3.99. The van der Waals surface area contributed by atoms with Gasteiger partial charge in [0.05, 0.1) is 30.8 Å². The first-order valence-corrected chi connectivity index (χ1v) is 8.61. The van der Waals surface area contributed by atoms with Crippen molar-refractivity contribution >= 4 is 10.0 Å². The molecule has 0 unspecified atom stereocenters. The van der Waals surface area contributed by atoms with E-state index in [2.05, 4.69) is 14.7 Å². The molecule has 9 heteroatoms. The van der Waals surface area contributed by atoms with Gasteiger partial charge in [0.15, 0.2) is 5.03 Å². The lowest BCUT2D eigenvalue weighted by Gasteiger charge is -2.35. The van der Waals surface area contributed by atoms with Crippen LogP contribution in [0.25, 0.3) is 0 Å². The Labute approximate surface area is 128 Å². The molecule has 0 aliphatic heterocycles. The zero-order chi connectivity index (χ0) is 15.7. The topological polar surface area (TPSA) is 102 Å². The van der Waals surface area contributed by atoms with Crippen molar-refractivity contribution in [1.82, 2.24) is 23.8 Å². The molecule has 2 aromatic rings. The van der Waals surface area contributed by atoms with Gasteiger partial charge < -0.3 is 14.2 Å². The molecule has 0 bridgehead atoms. The Morgan fingerprint density at radius 2 is 2.18 bits per heavy atom. The lowest BCUT2D eigenvalue weighted by Crippen LogP contribution is -2.49. The van der Waals surface area contributed by atoms with Crippen molar-refractivity contribution in [2.24, 2.45) is 7.05 Å². The van der Waals surface area contributed by atoms with Gasteiger partial charge in [-0.05, 0) is 19.3 Å². The molecule has 8 nitrogen and oxygen atoms in total. The van der Waals surface area contributed by atoms with E-state index >= 15 is 0 Å². The molecule has 2 N–H and O–H groups in total. The van der Waals surface area contributed by atoms with Crippen LogP contribution in [0.2, 0.25) is 0 Å². The number of hydrogen-bond acceptors (Lipinski definition) is 5. The Bertz CT molecular complexity index is 725. The standard InChI is InChI=1S/C13H19N5O3S/c1-17-7-12(15-9-17)22(20,21)16-10-3-2-4-11(13(10)19)18-6-5-14-8-18/h5-11,13,16,19H,2-4H2,1H3/t10-,11-,13-/m1/s1. The van der Waals surface area contributed by atoms with Gasteiger partial charge >= 0.3 is 0 Å². The molecule has 1 fully saturated rings. The summed E-state index contributed by atoms with van der Waals surface area (Å²) in [5, 5.41) is 10.5. The van der Waals surface area contributed by atoms with E-state index in [1.54, 1.807) is 30.3 Å². The fourth-order valence-electron chi connectivity index (χ4n) is 2.86. The fraction of sp³-hybridized carbons (Fsp3) is 0.538. The first-order chi connectivity index (χ1) is 10.5. The van der Waals surface area contributed by atoms with Crippen LogP contribution in [0, 0.1) is 0 Å². The first-order valence-electron chi connectivity index (χ1n) is 7.13. The van der Waals surface area contributed by atoms with E-state index in [4.69, 9.17) is 0 Å². The fourth-order valence-corrected chi connectivity index (χ4v) is 4.13. The number of nitrogens with one attached hydrogen (secondary N) is 1. The molecule has 0 spiro atoms. The zero-order valence-electron chi connectivity index (χ0n) is 12.2. The van der Waals surface area contributed by atoms with E-state index in [9.17, 15) is 13.5 Å². The second kappa shape index (κ2) is 5.82. The third-order valence-corrected chi connectivity index (χ3v) is 5.37. The minimum atomic E-state index is -3.73. The molecule has 1 aliphatic carbocycles. The quantitative estimate of drug-likeness (QED) is 0.827. The van der Waals surface area contributed by atoms with Gasteiger partial charge in [0.2, 0.25) is 0 Å². The summed E-state index contributed by atoms with van der Waals surface area (Å²) in [5.41, 5.74) is 0. The molecule has 2 aromatic heterocycles. The van der Waals surface area contributed by atoms with Crippen molar-refractivity contribution in [2.75, 3.05) is 0 Å². The van der Waals surface area contributed by atoms with Gasteiger partial charge in [-0.2, -0.15) is 0 Å². The van der Waals surface area contributed by atoms with E-state index in [1.165, 1.54) is 12.5 Å². The summed E-state index contributed by atoms with van der Waals surface area (Å²) < 4.78 is 30.6. The minimum absolute atomic E-state index is 0.0352. The van der Waals surface area contributed by atoms with Crippen LogP contribution in [0.15, 0.2) is 36.3 Å². The summed E-state index contributed by atoms with van der Waals surface area (Å²) in [5.74, 6) is 0. The van der Waals surface area contributed by atoms with Crippen molar-refractivity contribution in [2.45, 2.75) is 42.5 Å². The minimum Gasteiger partial charge on any atom is -0.389 e. The predicted octanol–water partition coefficient (Wildman–Crippen LogP) is 0.0496. The van der Waals surface area contributed by atoms with Crippen molar-refractivity contribution < 1.29 is 13.5 Å². The molecule has 2 heterocycles. The number of nitrogens with zero attached hydrogens (tertiary/aromatic N) is 4. The molecule has 0 radical (unpaired) electrons. The second-order valence-corrected chi connectivity index (χ2v) is 7.26. The van der Waals surface area contributed by atoms with E-state index in [0.29, 0.717) is 6.42 Å². The van der Waals surface area contributed by atoms with Crippen LogP contribution in [-0.2, 0) is 17.1 Å². The van der Waals surface area contributed by atoms with E-state index in [1.807, 2.05) is 4.57 Å². The maximum atomic E-state index is 12.3. The van der Waals surface area contributed by atoms with Crippen LogP contribution >= 0.6 is 0 Å². The molecule has 1 aliphatic rings. The van der Waals surface area contributed by atoms with Crippen LogP contribution in [0.1, 0.15) is 25.3 Å². The summed E-state index contributed by atoms with van der Waals surface area (Å²) in [7, 11) is -2.03. The average Bonchev–Trinajstić information content (AvgIpc) is 3.12. The first kappa shape index (κ1) is 15.2.